The molecule has 2 N–H and O–H groups in total. The number of benzene rings is 1. The van der Waals surface area contributed by atoms with Crippen molar-refractivity contribution < 1.29 is 19.1 Å². The van der Waals surface area contributed by atoms with E-state index in [0.717, 1.165) is 48.1 Å². The van der Waals surface area contributed by atoms with Crippen molar-refractivity contribution in [2.75, 3.05) is 26.2 Å². The second-order valence-corrected chi connectivity index (χ2v) is 8.07. The minimum Gasteiger partial charge on any atom is -0.465 e. The van der Waals surface area contributed by atoms with Crippen LogP contribution in [-0.4, -0.2) is 63.3 Å². The molecule has 0 spiro atoms. The van der Waals surface area contributed by atoms with E-state index in [1.54, 1.807) is 12.1 Å². The molecule has 31 heavy (non-hydrogen) atoms. The number of nitrogens with one attached hydrogen (secondary N) is 1. The second kappa shape index (κ2) is 8.87. The standard InChI is InChI=1S/C22H25FN4O4/c23-18-7-6-14(13-19-15-4-1-2-5-16(15)20(28)25-24-19)12-17(18)21(29)26-8-3-9-27(11-10-26)22(30)31/h6-7,12H,1-5,8-11,13H2,(H,25,28)(H,30,31). The van der Waals surface area contributed by atoms with Gasteiger partial charge in [-0.05, 0) is 55.4 Å². The lowest BCUT2D eigenvalue weighted by Gasteiger charge is -2.21. The molecule has 1 aliphatic carbocycles. The topological polar surface area (TPSA) is 107 Å². The summed E-state index contributed by atoms with van der Waals surface area (Å²) >= 11 is 0. The smallest absolute Gasteiger partial charge is 0.407 e. The molecule has 0 unspecified atom stereocenters. The third-order valence-electron chi connectivity index (χ3n) is 6.07. The Morgan fingerprint density at radius 3 is 2.52 bits per heavy atom. The van der Waals surface area contributed by atoms with E-state index in [4.69, 9.17) is 5.11 Å². The first-order valence-corrected chi connectivity index (χ1v) is 10.6. The van der Waals surface area contributed by atoms with Crippen molar-refractivity contribution in [3.05, 3.63) is 62.3 Å². The van der Waals surface area contributed by atoms with Crippen LogP contribution >= 0.6 is 0 Å². The Balaban J connectivity index is 1.56. The molecule has 0 atom stereocenters. The lowest BCUT2D eigenvalue weighted by atomic mass is 9.90. The predicted molar refractivity (Wildman–Crippen MR) is 111 cm³/mol. The summed E-state index contributed by atoms with van der Waals surface area (Å²) in [6, 6.07) is 4.45. The molecular weight excluding hydrogens is 403 g/mol. The van der Waals surface area contributed by atoms with Crippen LogP contribution in [0, 0.1) is 5.82 Å². The van der Waals surface area contributed by atoms with E-state index >= 15 is 0 Å². The van der Waals surface area contributed by atoms with Crippen LogP contribution in [-0.2, 0) is 19.3 Å². The predicted octanol–water partition coefficient (Wildman–Crippen LogP) is 2.20. The van der Waals surface area contributed by atoms with Crippen molar-refractivity contribution in [3.63, 3.8) is 0 Å². The number of nitrogens with zero attached hydrogens (tertiary/aromatic N) is 3. The van der Waals surface area contributed by atoms with Gasteiger partial charge >= 0.3 is 6.09 Å². The Labute approximate surface area is 178 Å². The summed E-state index contributed by atoms with van der Waals surface area (Å²) in [5.74, 6) is -1.05. The molecule has 8 nitrogen and oxygen atoms in total. The van der Waals surface area contributed by atoms with E-state index in [-0.39, 0.29) is 24.2 Å². The zero-order valence-electron chi connectivity index (χ0n) is 17.2. The van der Waals surface area contributed by atoms with Crippen molar-refractivity contribution in [1.29, 1.82) is 0 Å². The number of fused-ring (bicyclic) bond motifs is 1. The molecule has 0 radical (unpaired) electrons. The number of hydrogen-bond donors (Lipinski definition) is 2. The molecule has 2 aliphatic rings. The highest BCUT2D eigenvalue weighted by Gasteiger charge is 2.25. The van der Waals surface area contributed by atoms with Gasteiger partial charge in [-0.25, -0.2) is 14.3 Å². The van der Waals surface area contributed by atoms with Crippen LogP contribution in [0.4, 0.5) is 9.18 Å². The Kier molecular flexibility index (Phi) is 6.01. The van der Waals surface area contributed by atoms with Gasteiger partial charge in [-0.3, -0.25) is 9.59 Å². The van der Waals surface area contributed by atoms with Crippen molar-refractivity contribution >= 4 is 12.0 Å². The summed E-state index contributed by atoms with van der Waals surface area (Å²) in [6.07, 6.45) is 3.39. The maximum atomic E-state index is 14.5. The minimum absolute atomic E-state index is 0.0282. The summed E-state index contributed by atoms with van der Waals surface area (Å²) in [5, 5.41) is 15.9. The van der Waals surface area contributed by atoms with Crippen LogP contribution in [0.1, 0.15) is 52.0 Å². The zero-order chi connectivity index (χ0) is 22.0. The largest absolute Gasteiger partial charge is 0.465 e. The van der Waals surface area contributed by atoms with Gasteiger partial charge < -0.3 is 14.9 Å². The van der Waals surface area contributed by atoms with E-state index in [1.165, 1.54) is 15.9 Å². The highest BCUT2D eigenvalue weighted by Crippen LogP contribution is 2.23. The number of rotatable bonds is 3. The highest BCUT2D eigenvalue weighted by molar-refractivity contribution is 5.94. The lowest BCUT2D eigenvalue weighted by Crippen LogP contribution is -2.37. The molecule has 0 saturated carbocycles. The number of halogens is 1. The number of aromatic amines is 1. The monoisotopic (exact) mass is 428 g/mol. The number of hydrogen-bond acceptors (Lipinski definition) is 4. The molecular formula is C22H25FN4O4. The van der Waals surface area contributed by atoms with Gasteiger partial charge in [0.05, 0.1) is 11.3 Å². The molecule has 1 aromatic heterocycles. The molecule has 1 aliphatic heterocycles. The van der Waals surface area contributed by atoms with Gasteiger partial charge in [-0.2, -0.15) is 5.10 Å². The van der Waals surface area contributed by atoms with E-state index in [9.17, 15) is 18.8 Å². The van der Waals surface area contributed by atoms with Crippen molar-refractivity contribution in [2.45, 2.75) is 38.5 Å². The van der Waals surface area contributed by atoms with Crippen LogP contribution < -0.4 is 5.56 Å². The quantitative estimate of drug-likeness (QED) is 0.780. The SMILES string of the molecule is O=C(O)N1CCCN(C(=O)c2cc(Cc3n[nH]c(=O)c4c3CCCC4)ccc2F)CC1. The Morgan fingerprint density at radius 1 is 1.03 bits per heavy atom. The van der Waals surface area contributed by atoms with Crippen LogP contribution in [0.3, 0.4) is 0 Å². The number of aromatic nitrogens is 2. The molecule has 0 bridgehead atoms. The first kappa shape index (κ1) is 21.0. The fourth-order valence-electron chi connectivity index (χ4n) is 4.40. The maximum absolute atomic E-state index is 14.5. The normalized spacial score (nSPS) is 16.5. The number of carboxylic acid groups (broad SMARTS) is 1. The number of H-pyrrole nitrogens is 1. The Hall–Kier alpha value is -3.23. The van der Waals surface area contributed by atoms with Crippen LogP contribution in [0.2, 0.25) is 0 Å². The molecule has 2 aromatic rings. The fourth-order valence-corrected chi connectivity index (χ4v) is 4.40. The van der Waals surface area contributed by atoms with Crippen molar-refractivity contribution in [1.82, 2.24) is 20.0 Å². The third kappa shape index (κ3) is 4.45. The van der Waals surface area contributed by atoms with Gasteiger partial charge in [0.25, 0.3) is 11.5 Å². The third-order valence-corrected chi connectivity index (χ3v) is 6.07. The van der Waals surface area contributed by atoms with Gasteiger partial charge in [0, 0.05) is 38.2 Å². The molecule has 164 valence electrons. The van der Waals surface area contributed by atoms with Gasteiger partial charge in [0.2, 0.25) is 0 Å². The van der Waals surface area contributed by atoms with E-state index in [0.29, 0.717) is 25.9 Å². The van der Waals surface area contributed by atoms with Crippen molar-refractivity contribution in [3.8, 4) is 0 Å². The maximum Gasteiger partial charge on any atom is 0.407 e. The molecule has 9 heteroatoms. The number of carbonyl (C=O) groups excluding carboxylic acids is 1. The van der Waals surface area contributed by atoms with Gasteiger partial charge in [-0.1, -0.05) is 6.07 Å². The van der Waals surface area contributed by atoms with E-state index < -0.39 is 17.8 Å². The van der Waals surface area contributed by atoms with Crippen LogP contribution in [0.5, 0.6) is 0 Å². The summed E-state index contributed by atoms with van der Waals surface area (Å²) < 4.78 is 14.5. The van der Waals surface area contributed by atoms with E-state index in [1.807, 2.05) is 0 Å². The van der Waals surface area contributed by atoms with E-state index in [2.05, 4.69) is 10.2 Å². The molecule has 1 aromatic carbocycles. The number of amides is 2. The second-order valence-electron chi connectivity index (χ2n) is 8.07. The molecule has 4 rings (SSSR count). The molecule has 1 fully saturated rings. The van der Waals surface area contributed by atoms with Gasteiger partial charge in [-0.15, -0.1) is 0 Å². The Morgan fingerprint density at radius 2 is 1.74 bits per heavy atom. The van der Waals surface area contributed by atoms with Gasteiger partial charge in [0.15, 0.2) is 0 Å². The number of carbonyl (C=O) groups is 2. The fraction of sp³-hybridized carbons (Fsp3) is 0.455. The van der Waals surface area contributed by atoms with Crippen LogP contribution in [0.25, 0.3) is 0 Å². The zero-order valence-corrected chi connectivity index (χ0v) is 17.2. The van der Waals surface area contributed by atoms with Crippen LogP contribution in [0.15, 0.2) is 23.0 Å². The average Bonchev–Trinajstić information content (AvgIpc) is 3.03. The summed E-state index contributed by atoms with van der Waals surface area (Å²) in [5.41, 5.74) is 3.06. The minimum atomic E-state index is -1.01. The molecule has 1 saturated heterocycles. The lowest BCUT2D eigenvalue weighted by molar-refractivity contribution is 0.0754. The summed E-state index contributed by atoms with van der Waals surface area (Å²) in [6.45, 7) is 1.16. The summed E-state index contributed by atoms with van der Waals surface area (Å²) in [4.78, 5) is 39.0. The molecule has 2 heterocycles. The molecule has 2 amide bonds. The Bertz CT molecular complexity index is 1070. The first-order valence-electron chi connectivity index (χ1n) is 10.6. The summed E-state index contributed by atoms with van der Waals surface area (Å²) in [7, 11) is 0. The van der Waals surface area contributed by atoms with Gasteiger partial charge in [0.1, 0.15) is 5.82 Å². The highest BCUT2D eigenvalue weighted by atomic mass is 19.1. The first-order chi connectivity index (χ1) is 14.9. The average molecular weight is 428 g/mol. The van der Waals surface area contributed by atoms with Crippen molar-refractivity contribution in [2.24, 2.45) is 0 Å².